The minimum Gasteiger partial charge on any atom is -0.493 e. The Morgan fingerprint density at radius 2 is 1.72 bits per heavy atom. The number of rotatable bonds is 8. The zero-order chi connectivity index (χ0) is 26.1. The summed E-state index contributed by atoms with van der Waals surface area (Å²) in [5, 5.41) is 1.53. The first-order chi connectivity index (χ1) is 17.4. The average molecular weight is 561 g/mol. The van der Waals surface area contributed by atoms with Crippen molar-refractivity contribution in [2.45, 2.75) is 25.3 Å². The second-order valence-corrected chi connectivity index (χ2v) is 8.89. The van der Waals surface area contributed by atoms with Crippen LogP contribution in [0.25, 0.3) is 10.9 Å². The highest BCUT2D eigenvalue weighted by molar-refractivity contribution is 9.09. The van der Waals surface area contributed by atoms with E-state index < -0.39 is 0 Å². The molecule has 1 N–H and O–H groups in total. The van der Waals surface area contributed by atoms with Crippen LogP contribution in [-0.4, -0.2) is 68.7 Å². The minimum atomic E-state index is -0.241. The first kappa shape index (κ1) is 27.5. The van der Waals surface area contributed by atoms with Gasteiger partial charge in [0.25, 0.3) is 0 Å². The molecule has 2 heterocycles. The summed E-state index contributed by atoms with van der Waals surface area (Å²) < 4.78 is 20.2. The number of hydrogen-bond donors (Lipinski definition) is 1. The highest BCUT2D eigenvalue weighted by Crippen LogP contribution is 2.40. The second kappa shape index (κ2) is 13.3. The van der Waals surface area contributed by atoms with Crippen molar-refractivity contribution in [3.05, 3.63) is 59.3 Å². The van der Waals surface area contributed by atoms with E-state index >= 15 is 0 Å². The topological polar surface area (TPSA) is 90.1 Å². The van der Waals surface area contributed by atoms with Gasteiger partial charge >= 0.3 is 11.9 Å². The quantitative estimate of drug-likeness (QED) is 0.321. The number of H-pyrrole nitrogens is 1. The van der Waals surface area contributed by atoms with Crippen molar-refractivity contribution < 1.29 is 28.5 Å². The number of nitrogens with zero attached hydrogens (tertiary/aromatic N) is 1. The summed E-state index contributed by atoms with van der Waals surface area (Å²) in [6.45, 7) is 1.08. The third kappa shape index (κ3) is 6.59. The van der Waals surface area contributed by atoms with E-state index in [0.29, 0.717) is 5.75 Å². The van der Waals surface area contributed by atoms with Gasteiger partial charge in [-0.05, 0) is 54.2 Å². The van der Waals surface area contributed by atoms with Crippen molar-refractivity contribution in [1.82, 2.24) is 9.88 Å². The Labute approximate surface area is 220 Å². The summed E-state index contributed by atoms with van der Waals surface area (Å²) in [5.74, 6) is 1.01. The summed E-state index contributed by atoms with van der Waals surface area (Å²) in [6.07, 6.45) is 4.74. The molecule has 194 valence electrons. The van der Waals surface area contributed by atoms with Crippen LogP contribution in [0.5, 0.6) is 11.5 Å². The molecule has 0 bridgehead atoms. The van der Waals surface area contributed by atoms with E-state index in [9.17, 15) is 9.59 Å². The van der Waals surface area contributed by atoms with E-state index in [2.05, 4.69) is 67.1 Å². The number of ether oxygens (including phenoxy) is 4. The second-order valence-electron chi connectivity index (χ2n) is 8.33. The molecule has 2 aromatic carbocycles. The van der Waals surface area contributed by atoms with Gasteiger partial charge < -0.3 is 23.9 Å². The van der Waals surface area contributed by atoms with E-state index in [4.69, 9.17) is 14.2 Å². The Balaban J connectivity index is 0.000000538. The Kier molecular flexibility index (Phi) is 10.2. The standard InChI is InChI=1S/C24H28N2O4.C3H5BrO2/c1-28-22-12-16-10-11-26(15-24(27)30-3)21(19(16)13-23(22)29-2)9-8-17-14-25-20-7-5-4-6-18(17)20;1-6-3(5)2-4/h4-7,12-14,21,25H,8-11,15H2,1-3H3;2H2,1H3. The third-order valence-corrected chi connectivity index (χ3v) is 6.83. The van der Waals surface area contributed by atoms with Gasteiger partial charge in [0.1, 0.15) is 5.33 Å². The summed E-state index contributed by atoms with van der Waals surface area (Å²) in [4.78, 5) is 27.5. The van der Waals surface area contributed by atoms with Crippen molar-refractivity contribution in [3.63, 3.8) is 0 Å². The highest BCUT2D eigenvalue weighted by atomic mass is 79.9. The monoisotopic (exact) mass is 560 g/mol. The summed E-state index contributed by atoms with van der Waals surface area (Å²) in [5.41, 5.74) is 4.88. The Hall–Kier alpha value is -3.04. The molecule has 0 fully saturated rings. The predicted octanol–water partition coefficient (Wildman–Crippen LogP) is 4.44. The molecule has 1 aliphatic rings. The number of hydrogen-bond acceptors (Lipinski definition) is 7. The normalized spacial score (nSPS) is 14.9. The Morgan fingerprint density at radius 1 is 1.03 bits per heavy atom. The number of halogens is 1. The number of aromatic nitrogens is 1. The van der Waals surface area contributed by atoms with Crippen molar-refractivity contribution in [2.75, 3.05) is 46.9 Å². The van der Waals surface area contributed by atoms with Crippen molar-refractivity contribution in [2.24, 2.45) is 0 Å². The van der Waals surface area contributed by atoms with Crippen LogP contribution >= 0.6 is 15.9 Å². The van der Waals surface area contributed by atoms with E-state index in [1.807, 2.05) is 6.07 Å². The molecule has 1 aliphatic heterocycles. The lowest BCUT2D eigenvalue weighted by Gasteiger charge is -2.37. The third-order valence-electron chi connectivity index (χ3n) is 6.37. The number of esters is 2. The molecule has 4 rings (SSSR count). The molecule has 9 heteroatoms. The van der Waals surface area contributed by atoms with Gasteiger partial charge in [0, 0.05) is 29.7 Å². The van der Waals surface area contributed by atoms with Crippen LogP contribution in [-0.2, 0) is 31.9 Å². The molecule has 3 aromatic rings. The number of benzene rings is 2. The summed E-state index contributed by atoms with van der Waals surface area (Å²) in [7, 11) is 6.10. The molecular formula is C27H33BrN2O6. The number of para-hydroxylation sites is 1. The molecule has 36 heavy (non-hydrogen) atoms. The van der Waals surface area contributed by atoms with Crippen molar-refractivity contribution in [1.29, 1.82) is 0 Å². The summed E-state index contributed by atoms with van der Waals surface area (Å²) in [6, 6.07) is 12.6. The van der Waals surface area contributed by atoms with Crippen LogP contribution < -0.4 is 9.47 Å². The zero-order valence-corrected chi connectivity index (χ0v) is 22.7. The molecule has 1 unspecified atom stereocenters. The van der Waals surface area contributed by atoms with Gasteiger partial charge in [-0.15, -0.1) is 0 Å². The zero-order valence-electron chi connectivity index (χ0n) is 21.1. The van der Waals surface area contributed by atoms with Crippen LogP contribution in [0.4, 0.5) is 0 Å². The fourth-order valence-electron chi connectivity index (χ4n) is 4.52. The highest BCUT2D eigenvalue weighted by Gasteiger charge is 2.30. The molecule has 0 saturated heterocycles. The molecule has 1 aromatic heterocycles. The molecule has 0 radical (unpaired) electrons. The fraction of sp³-hybridized carbons (Fsp3) is 0.407. The number of methoxy groups -OCH3 is 4. The van der Waals surface area contributed by atoms with Gasteiger partial charge in [0.15, 0.2) is 11.5 Å². The first-order valence-electron chi connectivity index (χ1n) is 11.7. The lowest BCUT2D eigenvalue weighted by Crippen LogP contribution is -2.39. The lowest BCUT2D eigenvalue weighted by molar-refractivity contribution is -0.142. The smallest absolute Gasteiger partial charge is 0.319 e. The van der Waals surface area contributed by atoms with E-state index in [0.717, 1.165) is 37.1 Å². The van der Waals surface area contributed by atoms with Gasteiger partial charge in [-0.25, -0.2) is 0 Å². The predicted molar refractivity (Wildman–Crippen MR) is 142 cm³/mol. The van der Waals surface area contributed by atoms with Crippen molar-refractivity contribution >= 4 is 38.8 Å². The Bertz CT molecular complexity index is 1170. The average Bonchev–Trinajstić information content (AvgIpc) is 3.34. The van der Waals surface area contributed by atoms with Gasteiger partial charge in [0.05, 0.1) is 35.0 Å². The van der Waals surface area contributed by atoms with Crippen LogP contribution in [0.1, 0.15) is 29.2 Å². The molecule has 0 amide bonds. The number of aromatic amines is 1. The summed E-state index contributed by atoms with van der Waals surface area (Å²) >= 11 is 2.90. The molecule has 0 aliphatic carbocycles. The maximum Gasteiger partial charge on any atom is 0.319 e. The Morgan fingerprint density at radius 3 is 2.36 bits per heavy atom. The maximum atomic E-state index is 12.1. The fourth-order valence-corrected chi connectivity index (χ4v) is 4.75. The number of alkyl halides is 1. The van der Waals surface area contributed by atoms with E-state index in [1.165, 1.54) is 36.3 Å². The molecule has 1 atom stereocenters. The number of fused-ring (bicyclic) bond motifs is 2. The molecular weight excluding hydrogens is 528 g/mol. The maximum absolute atomic E-state index is 12.1. The molecule has 0 spiro atoms. The number of aryl methyl sites for hydroxylation is 1. The van der Waals surface area contributed by atoms with Gasteiger partial charge in [-0.2, -0.15) is 0 Å². The van der Waals surface area contributed by atoms with Crippen LogP contribution in [0.15, 0.2) is 42.6 Å². The molecule has 0 saturated carbocycles. The minimum absolute atomic E-state index is 0.0984. The van der Waals surface area contributed by atoms with Crippen LogP contribution in [0.2, 0.25) is 0 Å². The number of carbonyl (C=O) groups excluding carboxylic acids is 2. The van der Waals surface area contributed by atoms with Gasteiger partial charge in [-0.3, -0.25) is 14.5 Å². The molecule has 8 nitrogen and oxygen atoms in total. The lowest BCUT2D eigenvalue weighted by atomic mass is 9.88. The van der Waals surface area contributed by atoms with E-state index in [1.54, 1.807) is 14.2 Å². The largest absolute Gasteiger partial charge is 0.493 e. The number of nitrogens with one attached hydrogen (secondary N) is 1. The van der Waals surface area contributed by atoms with Gasteiger partial charge in [-0.1, -0.05) is 34.1 Å². The van der Waals surface area contributed by atoms with E-state index in [-0.39, 0.29) is 29.9 Å². The first-order valence-corrected chi connectivity index (χ1v) is 12.8. The van der Waals surface area contributed by atoms with Gasteiger partial charge in [0.2, 0.25) is 0 Å². The van der Waals surface area contributed by atoms with Crippen molar-refractivity contribution in [3.8, 4) is 11.5 Å². The van der Waals surface area contributed by atoms with Crippen LogP contribution in [0.3, 0.4) is 0 Å². The van der Waals surface area contributed by atoms with Crippen LogP contribution in [0, 0.1) is 0 Å². The number of carbonyl (C=O) groups is 2. The SMILES string of the molecule is COC(=O)CBr.COC(=O)CN1CCc2cc(OC)c(OC)cc2C1CCc1c[nH]c2ccccc12.